The number of hydrogen-bond donors (Lipinski definition) is 1. The van der Waals surface area contributed by atoms with Gasteiger partial charge >= 0.3 is 0 Å². The van der Waals surface area contributed by atoms with Crippen LogP contribution in [0.4, 0.5) is 0 Å². The molecule has 2 atom stereocenters. The largest absolute Gasteiger partial charge is 0.489 e. The average molecular weight is 263 g/mol. The molecule has 0 bridgehead atoms. The normalized spacial score (nSPS) is 22.2. The van der Waals surface area contributed by atoms with Gasteiger partial charge in [-0.05, 0) is 51.3 Å². The second-order valence-electron chi connectivity index (χ2n) is 5.69. The van der Waals surface area contributed by atoms with Crippen molar-refractivity contribution in [3.63, 3.8) is 0 Å². The van der Waals surface area contributed by atoms with Gasteiger partial charge < -0.3 is 9.84 Å². The third kappa shape index (κ3) is 4.51. The van der Waals surface area contributed by atoms with Gasteiger partial charge in [0, 0.05) is 19.7 Å². The molecule has 0 saturated carbocycles. The van der Waals surface area contributed by atoms with Gasteiger partial charge in [-0.25, -0.2) is 0 Å². The van der Waals surface area contributed by atoms with E-state index in [9.17, 15) is 5.11 Å². The quantitative estimate of drug-likeness (QED) is 0.886. The van der Waals surface area contributed by atoms with Crippen LogP contribution in [0.2, 0.25) is 0 Å². The van der Waals surface area contributed by atoms with Gasteiger partial charge in [-0.2, -0.15) is 0 Å². The van der Waals surface area contributed by atoms with Crippen LogP contribution in [0.3, 0.4) is 0 Å². The zero-order chi connectivity index (χ0) is 13.7. The Balaban J connectivity index is 1.80. The fourth-order valence-corrected chi connectivity index (χ4v) is 2.72. The lowest BCUT2D eigenvalue weighted by Crippen LogP contribution is -2.41. The Morgan fingerprint density at radius 2 is 2.11 bits per heavy atom. The van der Waals surface area contributed by atoms with E-state index in [1.165, 1.54) is 12.0 Å². The Labute approximate surface area is 116 Å². The van der Waals surface area contributed by atoms with Crippen LogP contribution < -0.4 is 4.74 Å². The minimum absolute atomic E-state index is 0.181. The van der Waals surface area contributed by atoms with Crippen LogP contribution in [0.1, 0.15) is 25.3 Å². The molecule has 3 nitrogen and oxygen atoms in total. The van der Waals surface area contributed by atoms with Crippen molar-refractivity contribution in [2.75, 3.05) is 26.2 Å². The van der Waals surface area contributed by atoms with Crippen molar-refractivity contribution in [1.29, 1.82) is 0 Å². The summed E-state index contributed by atoms with van der Waals surface area (Å²) >= 11 is 0. The van der Waals surface area contributed by atoms with E-state index in [1.807, 2.05) is 12.1 Å². The number of aliphatic hydroxyl groups excluding tert-OH is 1. The molecule has 2 unspecified atom stereocenters. The zero-order valence-electron chi connectivity index (χ0n) is 12.0. The molecule has 1 saturated heterocycles. The molecule has 1 aromatic carbocycles. The summed E-state index contributed by atoms with van der Waals surface area (Å²) in [6.07, 6.45) is 2.52. The van der Waals surface area contributed by atoms with E-state index in [2.05, 4.69) is 30.9 Å². The number of hydrogen-bond acceptors (Lipinski definition) is 3. The summed E-state index contributed by atoms with van der Waals surface area (Å²) in [5.74, 6) is 1.38. The van der Waals surface area contributed by atoms with Gasteiger partial charge in [-0.15, -0.1) is 0 Å². The predicted molar refractivity (Wildman–Crippen MR) is 77.5 cm³/mol. The van der Waals surface area contributed by atoms with Crippen molar-refractivity contribution in [2.24, 2.45) is 5.92 Å². The summed E-state index contributed by atoms with van der Waals surface area (Å²) in [7, 11) is 0. The smallest absolute Gasteiger partial charge is 0.119 e. The number of likely N-dealkylation sites (tertiary alicyclic amines) is 1. The Kier molecular flexibility index (Phi) is 5.23. The number of nitrogens with zero attached hydrogens (tertiary/aromatic N) is 1. The number of ether oxygens (including phenoxy) is 1. The van der Waals surface area contributed by atoms with Crippen molar-refractivity contribution < 1.29 is 9.84 Å². The zero-order valence-corrected chi connectivity index (χ0v) is 12.0. The van der Waals surface area contributed by atoms with E-state index in [0.717, 1.165) is 31.8 Å². The molecule has 1 heterocycles. The number of rotatable bonds is 5. The lowest BCUT2D eigenvalue weighted by molar-refractivity contribution is 0.0843. The highest BCUT2D eigenvalue weighted by Gasteiger charge is 2.20. The minimum atomic E-state index is 0.181. The van der Waals surface area contributed by atoms with Crippen LogP contribution in [0.25, 0.3) is 0 Å². The Hall–Kier alpha value is -1.06. The fraction of sp³-hybridized carbons (Fsp3) is 0.625. The molecular formula is C16H25NO2. The van der Waals surface area contributed by atoms with Gasteiger partial charge in [0.05, 0.1) is 0 Å². The Bertz CT molecular complexity index is 377. The third-order valence-electron chi connectivity index (χ3n) is 3.73. The van der Waals surface area contributed by atoms with Crippen molar-refractivity contribution in [2.45, 2.75) is 32.8 Å². The maximum Gasteiger partial charge on any atom is 0.119 e. The highest BCUT2D eigenvalue weighted by molar-refractivity contribution is 5.26. The van der Waals surface area contributed by atoms with Crippen LogP contribution in [0.15, 0.2) is 24.3 Å². The molecule has 1 N–H and O–H groups in total. The van der Waals surface area contributed by atoms with Crippen LogP contribution in [-0.4, -0.2) is 42.4 Å². The molecule has 2 rings (SSSR count). The van der Waals surface area contributed by atoms with Gasteiger partial charge in [-0.3, -0.25) is 4.90 Å². The first-order chi connectivity index (χ1) is 9.17. The second-order valence-corrected chi connectivity index (χ2v) is 5.69. The summed E-state index contributed by atoms with van der Waals surface area (Å²) in [4.78, 5) is 2.41. The summed E-state index contributed by atoms with van der Waals surface area (Å²) < 4.78 is 5.94. The second kappa shape index (κ2) is 6.92. The van der Waals surface area contributed by atoms with E-state index in [4.69, 9.17) is 4.74 Å². The van der Waals surface area contributed by atoms with E-state index >= 15 is 0 Å². The van der Waals surface area contributed by atoms with E-state index in [1.54, 1.807) is 0 Å². The standard InChI is InChI=1S/C16H25NO2/c1-13-5-7-16(8-6-13)19-14(2)10-17-9-3-4-15(11-17)12-18/h5-8,14-15,18H,3-4,9-12H2,1-2H3. The monoisotopic (exact) mass is 263 g/mol. The van der Waals surface area contributed by atoms with Crippen molar-refractivity contribution in [3.8, 4) is 5.75 Å². The number of benzene rings is 1. The molecule has 106 valence electrons. The summed E-state index contributed by atoms with van der Waals surface area (Å²) in [5, 5.41) is 9.25. The minimum Gasteiger partial charge on any atom is -0.489 e. The van der Waals surface area contributed by atoms with Crippen LogP contribution in [-0.2, 0) is 0 Å². The number of aryl methyl sites for hydroxylation is 1. The Morgan fingerprint density at radius 1 is 1.37 bits per heavy atom. The molecule has 3 heteroatoms. The van der Waals surface area contributed by atoms with Crippen LogP contribution >= 0.6 is 0 Å². The van der Waals surface area contributed by atoms with Gasteiger partial charge in [0.2, 0.25) is 0 Å². The van der Waals surface area contributed by atoms with Crippen LogP contribution in [0, 0.1) is 12.8 Å². The molecule has 0 amide bonds. The number of aliphatic hydroxyl groups is 1. The van der Waals surface area contributed by atoms with Gasteiger partial charge in [0.1, 0.15) is 11.9 Å². The maximum absolute atomic E-state index is 9.25. The van der Waals surface area contributed by atoms with Crippen molar-refractivity contribution >= 4 is 0 Å². The van der Waals surface area contributed by atoms with E-state index in [0.29, 0.717) is 12.5 Å². The molecule has 0 radical (unpaired) electrons. The SMILES string of the molecule is Cc1ccc(OC(C)CN2CCCC(CO)C2)cc1. The highest BCUT2D eigenvalue weighted by Crippen LogP contribution is 2.18. The molecule has 0 aliphatic carbocycles. The first kappa shape index (κ1) is 14.4. The predicted octanol–water partition coefficient (Wildman–Crippen LogP) is 2.47. The summed E-state index contributed by atoms with van der Waals surface area (Å²) in [6.45, 7) is 7.56. The Morgan fingerprint density at radius 3 is 2.79 bits per heavy atom. The lowest BCUT2D eigenvalue weighted by atomic mass is 9.99. The van der Waals surface area contributed by atoms with E-state index < -0.39 is 0 Å². The average Bonchev–Trinajstić information content (AvgIpc) is 2.41. The van der Waals surface area contributed by atoms with Gasteiger partial charge in [0.25, 0.3) is 0 Å². The molecule has 0 spiro atoms. The lowest BCUT2D eigenvalue weighted by Gasteiger charge is -2.33. The van der Waals surface area contributed by atoms with Crippen molar-refractivity contribution in [3.05, 3.63) is 29.8 Å². The highest BCUT2D eigenvalue weighted by atomic mass is 16.5. The third-order valence-corrected chi connectivity index (χ3v) is 3.73. The van der Waals surface area contributed by atoms with Crippen LogP contribution in [0.5, 0.6) is 5.75 Å². The molecule has 0 aromatic heterocycles. The maximum atomic E-state index is 9.25. The van der Waals surface area contributed by atoms with E-state index in [-0.39, 0.29) is 6.10 Å². The molecule has 1 aromatic rings. The molecule has 1 aliphatic rings. The number of piperidine rings is 1. The molecule has 1 fully saturated rings. The van der Waals surface area contributed by atoms with Gasteiger partial charge in [-0.1, -0.05) is 17.7 Å². The molecule has 19 heavy (non-hydrogen) atoms. The topological polar surface area (TPSA) is 32.7 Å². The first-order valence-electron chi connectivity index (χ1n) is 7.24. The molecule has 1 aliphatic heterocycles. The summed E-state index contributed by atoms with van der Waals surface area (Å²) in [6, 6.07) is 8.20. The summed E-state index contributed by atoms with van der Waals surface area (Å²) in [5.41, 5.74) is 1.25. The first-order valence-corrected chi connectivity index (χ1v) is 7.24. The van der Waals surface area contributed by atoms with Crippen molar-refractivity contribution in [1.82, 2.24) is 4.90 Å². The fourth-order valence-electron chi connectivity index (χ4n) is 2.72. The van der Waals surface area contributed by atoms with Gasteiger partial charge in [0.15, 0.2) is 0 Å². The molecular weight excluding hydrogens is 238 g/mol.